The molecular weight excluding hydrogens is 166 g/mol. The van der Waals surface area contributed by atoms with E-state index >= 15 is 0 Å². The van der Waals surface area contributed by atoms with Crippen LogP contribution < -0.4 is 4.74 Å². The molecule has 0 N–H and O–H groups in total. The lowest BCUT2D eigenvalue weighted by Gasteiger charge is -2.07. The van der Waals surface area contributed by atoms with Crippen molar-refractivity contribution >= 4 is 0 Å². The van der Waals surface area contributed by atoms with Crippen molar-refractivity contribution in [2.24, 2.45) is 0 Å². The minimum absolute atomic E-state index is 0.229. The number of nitrogens with zero attached hydrogens (tertiary/aromatic N) is 1. The molecule has 0 bridgehead atoms. The van der Waals surface area contributed by atoms with Gasteiger partial charge in [-0.3, -0.25) is 0 Å². The van der Waals surface area contributed by atoms with E-state index in [0.717, 1.165) is 11.3 Å². The van der Waals surface area contributed by atoms with Crippen molar-refractivity contribution in [1.82, 2.24) is 0 Å². The van der Waals surface area contributed by atoms with Gasteiger partial charge in [0.2, 0.25) is 0 Å². The van der Waals surface area contributed by atoms with E-state index in [1.54, 1.807) is 25.3 Å². The molecule has 0 amide bonds. The molecule has 0 saturated carbocycles. The molecule has 3 nitrogen and oxygen atoms in total. The predicted molar refractivity (Wildman–Crippen MR) is 48.4 cm³/mol. The third-order valence-corrected chi connectivity index (χ3v) is 1.64. The van der Waals surface area contributed by atoms with E-state index in [-0.39, 0.29) is 6.79 Å². The van der Waals surface area contributed by atoms with Crippen LogP contribution in [0.5, 0.6) is 5.75 Å². The highest BCUT2D eigenvalue weighted by atomic mass is 16.7. The number of benzene rings is 1. The van der Waals surface area contributed by atoms with Crippen LogP contribution in [-0.2, 0) is 4.74 Å². The molecule has 0 aliphatic rings. The monoisotopic (exact) mass is 177 g/mol. The number of hydrogen-bond acceptors (Lipinski definition) is 3. The highest BCUT2D eigenvalue weighted by Gasteiger charge is 1.99. The average Bonchev–Trinajstić information content (AvgIpc) is 2.16. The normalized spacial score (nSPS) is 9.31. The first-order valence-corrected chi connectivity index (χ1v) is 3.90. The molecule has 0 saturated heterocycles. The zero-order chi connectivity index (χ0) is 9.68. The zero-order valence-electron chi connectivity index (χ0n) is 7.70. The molecule has 1 aromatic carbocycles. The Morgan fingerprint density at radius 1 is 1.46 bits per heavy atom. The van der Waals surface area contributed by atoms with Crippen LogP contribution in [0.25, 0.3) is 0 Å². The molecule has 1 aromatic rings. The summed E-state index contributed by atoms with van der Waals surface area (Å²) in [6, 6.07) is 7.34. The lowest BCUT2D eigenvalue weighted by atomic mass is 10.1. The zero-order valence-corrected chi connectivity index (χ0v) is 7.70. The molecule has 68 valence electrons. The van der Waals surface area contributed by atoms with E-state index in [2.05, 4.69) is 6.07 Å². The van der Waals surface area contributed by atoms with Gasteiger partial charge in [0.05, 0.1) is 11.6 Å². The summed E-state index contributed by atoms with van der Waals surface area (Å²) in [4.78, 5) is 0. The van der Waals surface area contributed by atoms with Gasteiger partial charge >= 0.3 is 0 Å². The molecule has 1 rings (SSSR count). The number of aryl methyl sites for hydroxylation is 1. The second-order valence-corrected chi connectivity index (χ2v) is 2.64. The highest BCUT2D eigenvalue weighted by Crippen LogP contribution is 2.18. The predicted octanol–water partition coefficient (Wildman–Crippen LogP) is 1.85. The maximum atomic E-state index is 8.61. The van der Waals surface area contributed by atoms with Crippen molar-refractivity contribution in [2.75, 3.05) is 13.9 Å². The molecule has 0 aromatic heterocycles. The largest absolute Gasteiger partial charge is 0.467 e. The lowest BCUT2D eigenvalue weighted by Crippen LogP contribution is -2.00. The third kappa shape index (κ3) is 2.46. The summed E-state index contributed by atoms with van der Waals surface area (Å²) in [7, 11) is 1.57. The lowest BCUT2D eigenvalue weighted by molar-refractivity contribution is 0.0506. The number of rotatable bonds is 3. The smallest absolute Gasteiger partial charge is 0.188 e. The van der Waals surface area contributed by atoms with Gasteiger partial charge in [0, 0.05) is 7.11 Å². The molecule has 0 spiro atoms. The third-order valence-electron chi connectivity index (χ3n) is 1.64. The molecule has 0 heterocycles. The van der Waals surface area contributed by atoms with Crippen molar-refractivity contribution < 1.29 is 9.47 Å². The molecule has 0 unspecified atom stereocenters. The second-order valence-electron chi connectivity index (χ2n) is 2.64. The van der Waals surface area contributed by atoms with Gasteiger partial charge in [-0.05, 0) is 30.7 Å². The van der Waals surface area contributed by atoms with Crippen LogP contribution in [0, 0.1) is 18.3 Å². The molecule has 0 atom stereocenters. The number of hydrogen-bond donors (Lipinski definition) is 0. The van der Waals surface area contributed by atoms with Crippen LogP contribution in [0.4, 0.5) is 0 Å². The van der Waals surface area contributed by atoms with Crippen LogP contribution in [0.2, 0.25) is 0 Å². The highest BCUT2D eigenvalue weighted by molar-refractivity contribution is 5.41. The van der Waals surface area contributed by atoms with Gasteiger partial charge in [0.1, 0.15) is 5.75 Å². The fraction of sp³-hybridized carbons (Fsp3) is 0.300. The van der Waals surface area contributed by atoms with E-state index in [4.69, 9.17) is 14.7 Å². The molecule has 0 aliphatic heterocycles. The van der Waals surface area contributed by atoms with Crippen molar-refractivity contribution in [3.05, 3.63) is 29.3 Å². The van der Waals surface area contributed by atoms with Crippen molar-refractivity contribution in [1.29, 1.82) is 5.26 Å². The maximum Gasteiger partial charge on any atom is 0.188 e. The van der Waals surface area contributed by atoms with E-state index < -0.39 is 0 Å². The van der Waals surface area contributed by atoms with E-state index in [0.29, 0.717) is 5.56 Å². The maximum absolute atomic E-state index is 8.61. The van der Waals surface area contributed by atoms with Crippen molar-refractivity contribution in [3.63, 3.8) is 0 Å². The quantitative estimate of drug-likeness (QED) is 0.661. The number of methoxy groups -OCH3 is 1. The van der Waals surface area contributed by atoms with Crippen LogP contribution >= 0.6 is 0 Å². The summed E-state index contributed by atoms with van der Waals surface area (Å²) in [6.07, 6.45) is 0. The van der Waals surface area contributed by atoms with E-state index in [1.165, 1.54) is 0 Å². The van der Waals surface area contributed by atoms with Gasteiger partial charge in [0.15, 0.2) is 6.79 Å². The number of nitriles is 1. The summed E-state index contributed by atoms with van der Waals surface area (Å²) in [6.45, 7) is 2.12. The number of ether oxygens (including phenoxy) is 2. The summed E-state index contributed by atoms with van der Waals surface area (Å²) < 4.78 is 10.0. The second kappa shape index (κ2) is 4.48. The summed E-state index contributed by atoms with van der Waals surface area (Å²) in [5.74, 6) is 0.751. The fourth-order valence-corrected chi connectivity index (χ4v) is 1.00. The Hall–Kier alpha value is -1.53. The van der Waals surface area contributed by atoms with Gasteiger partial charge in [-0.1, -0.05) is 0 Å². The first kappa shape index (κ1) is 9.56. The van der Waals surface area contributed by atoms with Crippen molar-refractivity contribution in [3.8, 4) is 11.8 Å². The van der Waals surface area contributed by atoms with Gasteiger partial charge < -0.3 is 9.47 Å². The molecule has 0 aliphatic carbocycles. The topological polar surface area (TPSA) is 42.2 Å². The Kier molecular flexibility index (Phi) is 3.30. The van der Waals surface area contributed by atoms with Gasteiger partial charge in [-0.15, -0.1) is 0 Å². The average molecular weight is 177 g/mol. The van der Waals surface area contributed by atoms with Crippen molar-refractivity contribution in [2.45, 2.75) is 6.92 Å². The summed E-state index contributed by atoms with van der Waals surface area (Å²) in [5, 5.41) is 8.61. The Bertz CT molecular complexity index is 328. The summed E-state index contributed by atoms with van der Waals surface area (Å²) in [5.41, 5.74) is 1.58. The Balaban J connectivity index is 2.81. The van der Waals surface area contributed by atoms with Crippen LogP contribution in [0.3, 0.4) is 0 Å². The first-order valence-electron chi connectivity index (χ1n) is 3.90. The van der Waals surface area contributed by atoms with E-state index in [9.17, 15) is 0 Å². The Morgan fingerprint density at radius 2 is 2.23 bits per heavy atom. The minimum atomic E-state index is 0.229. The van der Waals surface area contributed by atoms with Gasteiger partial charge in [0.25, 0.3) is 0 Å². The van der Waals surface area contributed by atoms with Gasteiger partial charge in [-0.2, -0.15) is 5.26 Å². The van der Waals surface area contributed by atoms with Crippen LogP contribution in [0.15, 0.2) is 18.2 Å². The molecular formula is C10H11NO2. The van der Waals surface area contributed by atoms with Crippen LogP contribution in [0.1, 0.15) is 11.1 Å². The molecule has 3 heteroatoms. The fourth-order valence-electron chi connectivity index (χ4n) is 1.00. The first-order chi connectivity index (χ1) is 6.27. The standard InChI is InChI=1S/C10H11NO2/c1-8-5-9(6-11)3-4-10(8)13-7-12-2/h3-5H,7H2,1-2H3. The summed E-state index contributed by atoms with van der Waals surface area (Å²) >= 11 is 0. The van der Waals surface area contributed by atoms with Crippen LogP contribution in [-0.4, -0.2) is 13.9 Å². The molecule has 13 heavy (non-hydrogen) atoms. The Morgan fingerprint density at radius 3 is 2.77 bits per heavy atom. The molecule has 0 fully saturated rings. The van der Waals surface area contributed by atoms with Gasteiger partial charge in [-0.25, -0.2) is 0 Å². The Labute approximate surface area is 77.5 Å². The SMILES string of the molecule is COCOc1ccc(C#N)cc1C. The van der Waals surface area contributed by atoms with E-state index in [1.807, 2.05) is 6.92 Å². The minimum Gasteiger partial charge on any atom is -0.467 e. The molecule has 0 radical (unpaired) electrons.